The van der Waals surface area contributed by atoms with Gasteiger partial charge < -0.3 is 16.0 Å². The van der Waals surface area contributed by atoms with Gasteiger partial charge in [0.05, 0.1) is 6.04 Å². The van der Waals surface area contributed by atoms with Crippen LogP contribution in [0.1, 0.15) is 38.7 Å². The molecule has 0 unspecified atom stereocenters. The number of piperidine rings is 1. The smallest absolute Gasteiger partial charge is 0.241 e. The summed E-state index contributed by atoms with van der Waals surface area (Å²) in [4.78, 5) is 25.8. The molecule has 22 heavy (non-hydrogen) atoms. The van der Waals surface area contributed by atoms with Crippen LogP contribution < -0.4 is 11.1 Å². The molecule has 1 aromatic rings. The van der Waals surface area contributed by atoms with E-state index in [4.69, 9.17) is 5.73 Å². The zero-order valence-corrected chi connectivity index (χ0v) is 13.3. The summed E-state index contributed by atoms with van der Waals surface area (Å²) in [7, 11) is 0. The van der Waals surface area contributed by atoms with Crippen LogP contribution >= 0.6 is 0 Å². The van der Waals surface area contributed by atoms with Crippen LogP contribution in [0.2, 0.25) is 0 Å². The number of nitrogens with one attached hydrogen (secondary N) is 1. The van der Waals surface area contributed by atoms with Crippen LogP contribution in [0.15, 0.2) is 24.3 Å². The second kappa shape index (κ2) is 7.40. The summed E-state index contributed by atoms with van der Waals surface area (Å²) in [6.07, 6.45) is 2.68. The van der Waals surface area contributed by atoms with Crippen LogP contribution in [0.4, 0.5) is 5.69 Å². The number of rotatable bonds is 5. The molecule has 1 atom stereocenters. The lowest BCUT2D eigenvalue weighted by Gasteiger charge is -2.27. The molecule has 0 spiro atoms. The predicted molar refractivity (Wildman–Crippen MR) is 87.2 cm³/mol. The molecule has 0 radical (unpaired) electrons. The van der Waals surface area contributed by atoms with E-state index in [1.807, 2.05) is 43.0 Å². The predicted octanol–water partition coefficient (Wildman–Crippen LogP) is 2.12. The Morgan fingerprint density at radius 3 is 2.82 bits per heavy atom. The van der Waals surface area contributed by atoms with Gasteiger partial charge in [0.1, 0.15) is 0 Å². The number of nitrogens with two attached hydrogens (primary N) is 1. The number of anilines is 1. The molecule has 1 heterocycles. The Morgan fingerprint density at radius 1 is 1.36 bits per heavy atom. The number of nitrogens with zero attached hydrogens (tertiary/aromatic N) is 1. The molecule has 1 aliphatic rings. The van der Waals surface area contributed by atoms with Gasteiger partial charge in [-0.25, -0.2) is 0 Å². The highest BCUT2D eigenvalue weighted by Gasteiger charge is 2.19. The van der Waals surface area contributed by atoms with Gasteiger partial charge in [-0.1, -0.05) is 26.0 Å². The van der Waals surface area contributed by atoms with Crippen molar-refractivity contribution in [1.29, 1.82) is 0 Å². The maximum Gasteiger partial charge on any atom is 0.241 e. The Hall–Kier alpha value is -1.88. The average molecular weight is 303 g/mol. The number of hydrogen-bond acceptors (Lipinski definition) is 3. The van der Waals surface area contributed by atoms with Crippen LogP contribution in [0.25, 0.3) is 0 Å². The summed E-state index contributed by atoms with van der Waals surface area (Å²) < 4.78 is 0. The lowest BCUT2D eigenvalue weighted by atomic mass is 10.0. The number of carbonyl (C=O) groups excluding carboxylic acids is 2. The van der Waals surface area contributed by atoms with E-state index in [0.717, 1.165) is 30.6 Å². The molecule has 5 heteroatoms. The Kier molecular flexibility index (Phi) is 5.55. The first-order chi connectivity index (χ1) is 10.5. The summed E-state index contributed by atoms with van der Waals surface area (Å²) in [5.74, 6) is 0.123. The molecular weight excluding hydrogens is 278 g/mol. The largest absolute Gasteiger partial charge is 0.338 e. The van der Waals surface area contributed by atoms with E-state index < -0.39 is 6.04 Å². The second-order valence-electron chi connectivity index (χ2n) is 6.23. The van der Waals surface area contributed by atoms with E-state index in [2.05, 4.69) is 5.32 Å². The SMILES string of the molecule is CC(C)[C@H](N)C(=O)Nc1cccc(CN2CCCCC2=O)c1. The molecule has 1 aliphatic heterocycles. The quantitative estimate of drug-likeness (QED) is 0.875. The van der Waals surface area contributed by atoms with Crippen LogP contribution in [-0.2, 0) is 16.1 Å². The van der Waals surface area contributed by atoms with Gasteiger partial charge in [-0.3, -0.25) is 9.59 Å². The first kappa shape index (κ1) is 16.5. The van der Waals surface area contributed by atoms with Crippen molar-refractivity contribution in [1.82, 2.24) is 4.90 Å². The minimum atomic E-state index is -0.521. The van der Waals surface area contributed by atoms with Gasteiger partial charge in [-0.2, -0.15) is 0 Å². The molecule has 0 aromatic heterocycles. The molecular formula is C17H25N3O2. The fourth-order valence-corrected chi connectivity index (χ4v) is 2.53. The molecule has 0 aliphatic carbocycles. The minimum Gasteiger partial charge on any atom is -0.338 e. The average Bonchev–Trinajstić information content (AvgIpc) is 2.49. The van der Waals surface area contributed by atoms with E-state index in [0.29, 0.717) is 13.0 Å². The van der Waals surface area contributed by atoms with Crippen molar-refractivity contribution in [3.8, 4) is 0 Å². The fraction of sp³-hybridized carbons (Fsp3) is 0.529. The van der Waals surface area contributed by atoms with Crippen molar-refractivity contribution < 1.29 is 9.59 Å². The van der Waals surface area contributed by atoms with Crippen molar-refractivity contribution in [3.63, 3.8) is 0 Å². The number of amides is 2. The van der Waals surface area contributed by atoms with Crippen molar-refractivity contribution in [2.75, 3.05) is 11.9 Å². The second-order valence-corrected chi connectivity index (χ2v) is 6.23. The van der Waals surface area contributed by atoms with E-state index in [-0.39, 0.29) is 17.7 Å². The number of benzene rings is 1. The molecule has 1 fully saturated rings. The van der Waals surface area contributed by atoms with Gasteiger partial charge >= 0.3 is 0 Å². The van der Waals surface area contributed by atoms with Gasteiger partial charge in [-0.15, -0.1) is 0 Å². The third-order valence-electron chi connectivity index (χ3n) is 4.01. The lowest BCUT2D eigenvalue weighted by Crippen LogP contribution is -2.39. The Labute approximate surface area is 131 Å². The van der Waals surface area contributed by atoms with Crippen molar-refractivity contribution >= 4 is 17.5 Å². The summed E-state index contributed by atoms with van der Waals surface area (Å²) in [5, 5.41) is 2.84. The zero-order valence-electron chi connectivity index (χ0n) is 13.3. The van der Waals surface area contributed by atoms with E-state index in [9.17, 15) is 9.59 Å². The van der Waals surface area contributed by atoms with Crippen molar-refractivity contribution in [2.24, 2.45) is 11.7 Å². The summed E-state index contributed by atoms with van der Waals surface area (Å²) >= 11 is 0. The molecule has 2 rings (SSSR count). The molecule has 3 N–H and O–H groups in total. The maximum atomic E-state index is 12.0. The van der Waals surface area contributed by atoms with Crippen molar-refractivity contribution in [3.05, 3.63) is 29.8 Å². The lowest BCUT2D eigenvalue weighted by molar-refractivity contribution is -0.133. The zero-order chi connectivity index (χ0) is 16.1. The first-order valence-corrected chi connectivity index (χ1v) is 7.90. The molecule has 5 nitrogen and oxygen atoms in total. The van der Waals surface area contributed by atoms with Crippen molar-refractivity contribution in [2.45, 2.75) is 45.7 Å². The number of likely N-dealkylation sites (tertiary alicyclic amines) is 1. The molecule has 1 saturated heterocycles. The minimum absolute atomic E-state index is 0.0918. The van der Waals surface area contributed by atoms with E-state index >= 15 is 0 Å². The first-order valence-electron chi connectivity index (χ1n) is 7.90. The number of hydrogen-bond donors (Lipinski definition) is 2. The highest BCUT2D eigenvalue weighted by atomic mass is 16.2. The molecule has 0 bridgehead atoms. The van der Waals surface area contributed by atoms with Gasteiger partial charge in [-0.05, 0) is 36.5 Å². The highest BCUT2D eigenvalue weighted by Crippen LogP contribution is 2.17. The highest BCUT2D eigenvalue weighted by molar-refractivity contribution is 5.94. The fourth-order valence-electron chi connectivity index (χ4n) is 2.53. The summed E-state index contributed by atoms with van der Waals surface area (Å²) in [6, 6.07) is 7.09. The van der Waals surface area contributed by atoms with Crippen LogP contribution in [-0.4, -0.2) is 29.3 Å². The monoisotopic (exact) mass is 303 g/mol. The normalized spacial score (nSPS) is 16.7. The number of carbonyl (C=O) groups is 2. The van der Waals surface area contributed by atoms with Gasteiger partial charge in [0.25, 0.3) is 0 Å². The topological polar surface area (TPSA) is 75.4 Å². The Balaban J connectivity index is 2.00. The molecule has 1 aromatic carbocycles. The summed E-state index contributed by atoms with van der Waals surface area (Å²) in [5.41, 5.74) is 7.59. The van der Waals surface area contributed by atoms with E-state index in [1.165, 1.54) is 0 Å². The van der Waals surface area contributed by atoms with Gasteiger partial charge in [0.15, 0.2) is 0 Å². The third-order valence-corrected chi connectivity index (χ3v) is 4.01. The van der Waals surface area contributed by atoms with Crippen LogP contribution in [0.5, 0.6) is 0 Å². The Bertz CT molecular complexity index is 542. The molecule has 0 saturated carbocycles. The van der Waals surface area contributed by atoms with Gasteiger partial charge in [0, 0.05) is 25.2 Å². The third kappa shape index (κ3) is 4.31. The van der Waals surface area contributed by atoms with E-state index in [1.54, 1.807) is 0 Å². The summed E-state index contributed by atoms with van der Waals surface area (Å²) in [6.45, 7) is 5.25. The standard InChI is InChI=1S/C17H25N3O2/c1-12(2)16(18)17(22)19-14-7-5-6-13(10-14)11-20-9-4-3-8-15(20)21/h5-7,10,12,16H,3-4,8-9,11,18H2,1-2H3,(H,19,22)/t16-/m0/s1. The van der Waals surface area contributed by atoms with Crippen LogP contribution in [0, 0.1) is 5.92 Å². The molecule has 120 valence electrons. The molecule has 2 amide bonds. The Morgan fingerprint density at radius 2 is 2.14 bits per heavy atom. The van der Waals surface area contributed by atoms with Crippen LogP contribution in [0.3, 0.4) is 0 Å². The van der Waals surface area contributed by atoms with Gasteiger partial charge in [0.2, 0.25) is 11.8 Å². The maximum absolute atomic E-state index is 12.0.